The standard InChI is InChI=1S/C21H21ClN6O/c22-17-6-4-16(5-7-17)13-20(29)26-18-14-24-21(25-15-18)28-11-9-27(10-12-28)19-3-1-2-8-23-19/h1-8,14-15H,9-13H2,(H,26,29). The molecule has 7 nitrogen and oxygen atoms in total. The highest BCUT2D eigenvalue weighted by molar-refractivity contribution is 6.30. The Bertz CT molecular complexity index is 941. The number of amides is 1. The summed E-state index contributed by atoms with van der Waals surface area (Å²) in [4.78, 5) is 29.8. The molecule has 1 N–H and O–H groups in total. The van der Waals surface area contributed by atoms with Crippen molar-refractivity contribution in [3.63, 3.8) is 0 Å². The first kappa shape index (κ1) is 19.1. The monoisotopic (exact) mass is 408 g/mol. The quantitative estimate of drug-likeness (QED) is 0.699. The summed E-state index contributed by atoms with van der Waals surface area (Å²) >= 11 is 5.87. The van der Waals surface area contributed by atoms with Gasteiger partial charge in [0.25, 0.3) is 0 Å². The van der Waals surface area contributed by atoms with Gasteiger partial charge in [0.2, 0.25) is 11.9 Å². The number of carbonyl (C=O) groups excluding carboxylic acids is 1. The topological polar surface area (TPSA) is 74.2 Å². The second kappa shape index (κ2) is 8.87. The summed E-state index contributed by atoms with van der Waals surface area (Å²) in [6, 6.07) is 13.2. The fourth-order valence-electron chi connectivity index (χ4n) is 3.22. The predicted octanol–water partition coefficient (Wildman–Crippen LogP) is 3.03. The van der Waals surface area contributed by atoms with Crippen LogP contribution in [0.15, 0.2) is 61.1 Å². The van der Waals surface area contributed by atoms with Gasteiger partial charge in [0.05, 0.1) is 24.5 Å². The molecule has 0 radical (unpaired) electrons. The smallest absolute Gasteiger partial charge is 0.228 e. The molecule has 8 heteroatoms. The molecule has 0 bridgehead atoms. The Balaban J connectivity index is 1.30. The highest BCUT2D eigenvalue weighted by atomic mass is 35.5. The van der Waals surface area contributed by atoms with Gasteiger partial charge in [-0.1, -0.05) is 29.8 Å². The number of hydrogen-bond donors (Lipinski definition) is 1. The number of carbonyl (C=O) groups is 1. The molecule has 3 heterocycles. The van der Waals surface area contributed by atoms with Gasteiger partial charge in [-0.2, -0.15) is 0 Å². The van der Waals surface area contributed by atoms with Crippen LogP contribution < -0.4 is 15.1 Å². The van der Waals surface area contributed by atoms with Gasteiger partial charge in [-0.3, -0.25) is 4.79 Å². The summed E-state index contributed by atoms with van der Waals surface area (Å²) < 4.78 is 0. The molecule has 2 aromatic heterocycles. The van der Waals surface area contributed by atoms with Gasteiger partial charge in [-0.05, 0) is 29.8 Å². The molecule has 0 atom stereocenters. The molecule has 1 aliphatic rings. The van der Waals surface area contributed by atoms with E-state index in [1.54, 1.807) is 24.5 Å². The molecule has 0 saturated carbocycles. The maximum Gasteiger partial charge on any atom is 0.228 e. The number of anilines is 3. The van der Waals surface area contributed by atoms with E-state index < -0.39 is 0 Å². The summed E-state index contributed by atoms with van der Waals surface area (Å²) in [5, 5.41) is 3.48. The predicted molar refractivity (Wildman–Crippen MR) is 114 cm³/mol. The largest absolute Gasteiger partial charge is 0.353 e. The summed E-state index contributed by atoms with van der Waals surface area (Å²) in [5.41, 5.74) is 1.48. The number of nitrogens with zero attached hydrogens (tertiary/aromatic N) is 5. The lowest BCUT2D eigenvalue weighted by Gasteiger charge is -2.35. The second-order valence-corrected chi connectivity index (χ2v) is 7.22. The van der Waals surface area contributed by atoms with E-state index in [-0.39, 0.29) is 12.3 Å². The van der Waals surface area contributed by atoms with E-state index in [1.807, 2.05) is 36.5 Å². The zero-order valence-electron chi connectivity index (χ0n) is 15.8. The van der Waals surface area contributed by atoms with Crippen molar-refractivity contribution in [2.45, 2.75) is 6.42 Å². The molecule has 0 spiro atoms. The van der Waals surface area contributed by atoms with Crippen LogP contribution in [0.5, 0.6) is 0 Å². The lowest BCUT2D eigenvalue weighted by Crippen LogP contribution is -2.47. The van der Waals surface area contributed by atoms with Crippen molar-refractivity contribution >= 4 is 35.0 Å². The van der Waals surface area contributed by atoms with Gasteiger partial charge >= 0.3 is 0 Å². The van der Waals surface area contributed by atoms with Crippen molar-refractivity contribution in [3.05, 3.63) is 71.6 Å². The Labute approximate surface area is 174 Å². The fraction of sp³-hybridized carbons (Fsp3) is 0.238. The summed E-state index contributed by atoms with van der Waals surface area (Å²) in [5.74, 6) is 1.54. The van der Waals surface area contributed by atoms with Crippen LogP contribution in [0.2, 0.25) is 5.02 Å². The van der Waals surface area contributed by atoms with E-state index in [1.165, 1.54) is 0 Å². The highest BCUT2D eigenvalue weighted by Gasteiger charge is 2.19. The molecule has 29 heavy (non-hydrogen) atoms. The van der Waals surface area contributed by atoms with Crippen LogP contribution in [-0.4, -0.2) is 47.0 Å². The van der Waals surface area contributed by atoms with Gasteiger partial charge in [0.15, 0.2) is 0 Å². The third-order valence-electron chi connectivity index (χ3n) is 4.74. The minimum Gasteiger partial charge on any atom is -0.353 e. The van der Waals surface area contributed by atoms with E-state index in [4.69, 9.17) is 11.6 Å². The molecule has 1 aliphatic heterocycles. The lowest BCUT2D eigenvalue weighted by atomic mass is 10.1. The number of piperazine rings is 1. The zero-order chi connectivity index (χ0) is 20.1. The Morgan fingerprint density at radius 1 is 0.931 bits per heavy atom. The number of nitrogens with one attached hydrogen (secondary N) is 1. The Morgan fingerprint density at radius 3 is 2.28 bits per heavy atom. The molecule has 0 unspecified atom stereocenters. The van der Waals surface area contributed by atoms with Crippen LogP contribution in [0, 0.1) is 0 Å². The first-order valence-corrected chi connectivity index (χ1v) is 9.82. The van der Waals surface area contributed by atoms with E-state index in [2.05, 4.69) is 30.1 Å². The summed E-state index contributed by atoms with van der Waals surface area (Å²) in [6.07, 6.45) is 5.37. The van der Waals surface area contributed by atoms with Gasteiger partial charge < -0.3 is 15.1 Å². The van der Waals surface area contributed by atoms with Crippen LogP contribution in [0.4, 0.5) is 17.5 Å². The Morgan fingerprint density at radius 2 is 1.62 bits per heavy atom. The van der Waals surface area contributed by atoms with E-state index in [9.17, 15) is 4.79 Å². The fourth-order valence-corrected chi connectivity index (χ4v) is 3.34. The van der Waals surface area contributed by atoms with Crippen molar-refractivity contribution in [2.24, 2.45) is 0 Å². The average molecular weight is 409 g/mol. The maximum absolute atomic E-state index is 12.2. The highest BCUT2D eigenvalue weighted by Crippen LogP contribution is 2.17. The maximum atomic E-state index is 12.2. The number of pyridine rings is 1. The van der Waals surface area contributed by atoms with Crippen molar-refractivity contribution in [3.8, 4) is 0 Å². The number of benzene rings is 1. The lowest BCUT2D eigenvalue weighted by molar-refractivity contribution is -0.115. The van der Waals surface area contributed by atoms with Crippen molar-refractivity contribution in [1.82, 2.24) is 15.0 Å². The number of hydrogen-bond acceptors (Lipinski definition) is 6. The average Bonchev–Trinajstić information content (AvgIpc) is 2.77. The third kappa shape index (κ3) is 5.00. The normalized spacial score (nSPS) is 14.0. The first-order chi connectivity index (χ1) is 14.2. The zero-order valence-corrected chi connectivity index (χ0v) is 16.6. The van der Waals surface area contributed by atoms with Crippen molar-refractivity contribution in [1.29, 1.82) is 0 Å². The first-order valence-electron chi connectivity index (χ1n) is 9.45. The van der Waals surface area contributed by atoms with Gasteiger partial charge in [-0.25, -0.2) is 15.0 Å². The molecular formula is C21H21ClN6O. The molecule has 1 saturated heterocycles. The molecule has 1 amide bonds. The molecule has 148 valence electrons. The van der Waals surface area contributed by atoms with Crippen LogP contribution in [0.25, 0.3) is 0 Å². The van der Waals surface area contributed by atoms with Crippen molar-refractivity contribution < 1.29 is 4.79 Å². The SMILES string of the molecule is O=C(Cc1ccc(Cl)cc1)Nc1cnc(N2CCN(c3ccccn3)CC2)nc1. The Hall–Kier alpha value is -3.19. The molecule has 0 aliphatic carbocycles. The van der Waals surface area contributed by atoms with Gasteiger partial charge in [0, 0.05) is 37.4 Å². The van der Waals surface area contributed by atoms with Crippen LogP contribution in [-0.2, 0) is 11.2 Å². The summed E-state index contributed by atoms with van der Waals surface area (Å²) in [6.45, 7) is 3.36. The number of halogens is 1. The summed E-state index contributed by atoms with van der Waals surface area (Å²) in [7, 11) is 0. The van der Waals surface area contributed by atoms with Crippen LogP contribution in [0.1, 0.15) is 5.56 Å². The van der Waals surface area contributed by atoms with E-state index in [0.717, 1.165) is 37.6 Å². The Kier molecular flexibility index (Phi) is 5.86. The second-order valence-electron chi connectivity index (χ2n) is 6.79. The number of rotatable bonds is 5. The van der Waals surface area contributed by atoms with E-state index >= 15 is 0 Å². The molecule has 4 rings (SSSR count). The minimum atomic E-state index is -0.118. The molecular weight excluding hydrogens is 388 g/mol. The minimum absolute atomic E-state index is 0.118. The van der Waals surface area contributed by atoms with Crippen molar-refractivity contribution in [2.75, 3.05) is 41.3 Å². The van der Waals surface area contributed by atoms with E-state index in [0.29, 0.717) is 16.7 Å². The van der Waals surface area contributed by atoms with Gasteiger partial charge in [-0.15, -0.1) is 0 Å². The molecule has 1 aromatic carbocycles. The number of aromatic nitrogens is 3. The van der Waals surface area contributed by atoms with Crippen LogP contribution in [0.3, 0.4) is 0 Å². The molecule has 1 fully saturated rings. The molecule has 3 aromatic rings. The van der Waals surface area contributed by atoms with Gasteiger partial charge in [0.1, 0.15) is 5.82 Å². The van der Waals surface area contributed by atoms with Crippen LogP contribution >= 0.6 is 11.6 Å². The third-order valence-corrected chi connectivity index (χ3v) is 4.99.